The second-order valence-electron chi connectivity index (χ2n) is 6.68. The van der Waals surface area contributed by atoms with E-state index in [2.05, 4.69) is 43.5 Å². The molecule has 0 aliphatic carbocycles. The van der Waals surface area contributed by atoms with E-state index >= 15 is 0 Å². The highest BCUT2D eigenvalue weighted by Gasteiger charge is 2.11. The van der Waals surface area contributed by atoms with Gasteiger partial charge in [0.1, 0.15) is 5.75 Å². The number of thiazole rings is 1. The first-order valence-electron chi connectivity index (χ1n) is 10.7. The number of terminal acetylenes is 1. The van der Waals surface area contributed by atoms with Gasteiger partial charge < -0.3 is 10.4 Å². The Labute approximate surface area is 193 Å². The van der Waals surface area contributed by atoms with Crippen molar-refractivity contribution in [3.8, 4) is 41.0 Å². The molecule has 0 amide bonds. The standard InChI is InChI=1S/C15H11N5OS.C5H11N.C2H6.C2H2/c1-8-18-15-14(22-8)5-12(19-20-15)11-3-2-9(4-13(11)21)10-6-16-17-7-10;1-2-4-6-5-3-1;2*1-2/h2-7,21H,1H3,(H,16,17);6H,1-5H2;1-2H3;1-2H. The van der Waals surface area contributed by atoms with Crippen molar-refractivity contribution in [3.05, 3.63) is 41.7 Å². The molecule has 3 N–H and O–H groups in total. The van der Waals surface area contributed by atoms with Crippen molar-refractivity contribution in [3.63, 3.8) is 0 Å². The number of phenols is 1. The van der Waals surface area contributed by atoms with Crippen molar-refractivity contribution in [2.45, 2.75) is 40.0 Å². The Kier molecular flexibility index (Phi) is 10.3. The summed E-state index contributed by atoms with van der Waals surface area (Å²) >= 11 is 1.56. The van der Waals surface area contributed by atoms with Gasteiger partial charge >= 0.3 is 0 Å². The van der Waals surface area contributed by atoms with Crippen LogP contribution in [0, 0.1) is 19.8 Å². The minimum atomic E-state index is 0.161. The number of benzene rings is 1. The fourth-order valence-corrected chi connectivity index (χ4v) is 3.92. The summed E-state index contributed by atoms with van der Waals surface area (Å²) in [6.45, 7) is 8.43. The van der Waals surface area contributed by atoms with Gasteiger partial charge in [-0.3, -0.25) is 5.10 Å². The van der Waals surface area contributed by atoms with Crippen LogP contribution in [0.5, 0.6) is 5.75 Å². The zero-order valence-electron chi connectivity index (χ0n) is 18.8. The predicted octanol–water partition coefficient (Wildman–Crippen LogP) is 5.19. The summed E-state index contributed by atoms with van der Waals surface area (Å²) in [5.74, 6) is 0.161. The Balaban J connectivity index is 0.000000308. The zero-order chi connectivity index (χ0) is 23.3. The van der Waals surface area contributed by atoms with Crippen LogP contribution in [0.25, 0.3) is 32.7 Å². The van der Waals surface area contributed by atoms with E-state index in [0.29, 0.717) is 16.9 Å². The van der Waals surface area contributed by atoms with Gasteiger partial charge in [0.25, 0.3) is 0 Å². The summed E-state index contributed by atoms with van der Waals surface area (Å²) in [6, 6.07) is 7.36. The number of aromatic nitrogens is 5. The van der Waals surface area contributed by atoms with E-state index in [9.17, 15) is 5.11 Å². The first-order chi connectivity index (χ1) is 15.7. The maximum Gasteiger partial charge on any atom is 0.192 e. The van der Waals surface area contributed by atoms with Crippen LogP contribution >= 0.6 is 11.3 Å². The number of hydrogen-bond acceptors (Lipinski definition) is 7. The first kappa shape index (κ1) is 25.0. The molecule has 0 unspecified atom stereocenters. The van der Waals surface area contributed by atoms with E-state index in [-0.39, 0.29) is 5.75 Å². The number of aromatic amines is 1. The van der Waals surface area contributed by atoms with Crippen molar-refractivity contribution in [2.24, 2.45) is 0 Å². The number of aromatic hydroxyl groups is 1. The first-order valence-corrected chi connectivity index (χ1v) is 11.5. The van der Waals surface area contributed by atoms with E-state index in [1.165, 1.54) is 32.4 Å². The average molecular weight is 451 g/mol. The van der Waals surface area contributed by atoms with Gasteiger partial charge in [0, 0.05) is 17.3 Å². The third-order valence-electron chi connectivity index (χ3n) is 4.57. The van der Waals surface area contributed by atoms with Gasteiger partial charge in [0.05, 0.1) is 21.6 Å². The van der Waals surface area contributed by atoms with Crippen molar-refractivity contribution in [1.29, 1.82) is 0 Å². The molecule has 1 aliphatic heterocycles. The van der Waals surface area contributed by atoms with Crippen LogP contribution in [0.15, 0.2) is 36.7 Å². The average Bonchev–Trinajstić information content (AvgIpc) is 3.52. The van der Waals surface area contributed by atoms with E-state index in [1.54, 1.807) is 29.8 Å². The number of nitrogens with zero attached hydrogens (tertiary/aromatic N) is 4. The summed E-state index contributed by atoms with van der Waals surface area (Å²) in [6.07, 6.45) is 15.7. The minimum absolute atomic E-state index is 0.161. The lowest BCUT2D eigenvalue weighted by atomic mass is 10.0. The van der Waals surface area contributed by atoms with Gasteiger partial charge in [-0.15, -0.1) is 34.4 Å². The highest BCUT2D eigenvalue weighted by molar-refractivity contribution is 7.18. The molecule has 1 aromatic carbocycles. The molecule has 1 fully saturated rings. The number of rotatable bonds is 2. The molecule has 3 aromatic heterocycles. The second-order valence-corrected chi connectivity index (χ2v) is 7.91. The summed E-state index contributed by atoms with van der Waals surface area (Å²) < 4.78 is 0.959. The van der Waals surface area contributed by atoms with Crippen molar-refractivity contribution in [1.82, 2.24) is 30.7 Å². The normalized spacial score (nSPS) is 12.4. The Morgan fingerprint density at radius 3 is 2.31 bits per heavy atom. The minimum Gasteiger partial charge on any atom is -0.507 e. The molecule has 4 heterocycles. The van der Waals surface area contributed by atoms with Gasteiger partial charge in [0.2, 0.25) is 0 Å². The van der Waals surface area contributed by atoms with Crippen LogP contribution in [-0.4, -0.2) is 43.6 Å². The van der Waals surface area contributed by atoms with Crippen LogP contribution in [0.3, 0.4) is 0 Å². The number of nitrogens with one attached hydrogen (secondary N) is 2. The molecule has 0 atom stereocenters. The molecule has 0 saturated carbocycles. The van der Waals surface area contributed by atoms with Crippen LogP contribution in [-0.2, 0) is 0 Å². The van der Waals surface area contributed by atoms with Crippen LogP contribution in [0.2, 0.25) is 0 Å². The van der Waals surface area contributed by atoms with E-state index < -0.39 is 0 Å². The van der Waals surface area contributed by atoms with Crippen LogP contribution in [0.4, 0.5) is 0 Å². The molecule has 5 rings (SSSR count). The smallest absolute Gasteiger partial charge is 0.192 e. The number of phenolic OH excluding ortho intramolecular Hbond substituents is 1. The van der Waals surface area contributed by atoms with E-state index in [4.69, 9.17) is 0 Å². The number of hydrogen-bond donors (Lipinski definition) is 3. The maximum absolute atomic E-state index is 10.3. The van der Waals surface area contributed by atoms with Gasteiger partial charge in [-0.1, -0.05) is 26.3 Å². The van der Waals surface area contributed by atoms with Crippen LogP contribution < -0.4 is 5.32 Å². The molecular formula is C24H30N6OS. The van der Waals surface area contributed by atoms with E-state index in [1.807, 2.05) is 39.0 Å². The molecule has 0 spiro atoms. The quantitative estimate of drug-likeness (QED) is 0.363. The Hall–Kier alpha value is -3.28. The molecule has 32 heavy (non-hydrogen) atoms. The third kappa shape index (κ3) is 6.61. The summed E-state index contributed by atoms with van der Waals surface area (Å²) in [7, 11) is 0. The summed E-state index contributed by atoms with van der Waals surface area (Å²) in [5, 5.41) is 29.5. The fourth-order valence-electron chi connectivity index (χ4n) is 3.12. The molecule has 1 saturated heterocycles. The van der Waals surface area contributed by atoms with Gasteiger partial charge in [-0.2, -0.15) is 5.10 Å². The van der Waals surface area contributed by atoms with E-state index in [0.717, 1.165) is 20.8 Å². The van der Waals surface area contributed by atoms with Crippen molar-refractivity contribution < 1.29 is 5.11 Å². The molecule has 8 heteroatoms. The summed E-state index contributed by atoms with van der Waals surface area (Å²) in [4.78, 5) is 4.29. The van der Waals surface area contributed by atoms with Crippen molar-refractivity contribution >= 4 is 21.7 Å². The number of piperidine rings is 1. The summed E-state index contributed by atoms with van der Waals surface area (Å²) in [5.41, 5.74) is 3.72. The second kappa shape index (κ2) is 13.2. The molecule has 4 aromatic rings. The lowest BCUT2D eigenvalue weighted by Crippen LogP contribution is -2.21. The zero-order valence-corrected chi connectivity index (χ0v) is 19.6. The maximum atomic E-state index is 10.3. The Morgan fingerprint density at radius 1 is 1.00 bits per heavy atom. The molecule has 0 radical (unpaired) electrons. The van der Waals surface area contributed by atoms with Crippen LogP contribution in [0.1, 0.15) is 38.1 Å². The van der Waals surface area contributed by atoms with Crippen molar-refractivity contribution in [2.75, 3.05) is 13.1 Å². The number of H-pyrrole nitrogens is 1. The van der Waals surface area contributed by atoms with Gasteiger partial charge in [0.15, 0.2) is 5.65 Å². The SMILES string of the molecule is C#C.C1CCNCC1.CC.Cc1nc2nnc(-c3ccc(-c4cn[nH]c4)cc3O)cc2s1. The Bertz CT molecular complexity index is 1090. The highest BCUT2D eigenvalue weighted by Crippen LogP contribution is 2.33. The third-order valence-corrected chi connectivity index (χ3v) is 5.48. The van der Waals surface area contributed by atoms with Gasteiger partial charge in [-0.05, 0) is 56.6 Å². The lowest BCUT2D eigenvalue weighted by molar-refractivity contribution is 0.477. The topological polar surface area (TPSA) is 99.6 Å². The molecule has 1 aliphatic rings. The lowest BCUT2D eigenvalue weighted by Gasteiger charge is -2.08. The fraction of sp³-hybridized carbons (Fsp3) is 0.333. The largest absolute Gasteiger partial charge is 0.507 e. The van der Waals surface area contributed by atoms with Gasteiger partial charge in [-0.25, -0.2) is 4.98 Å². The predicted molar refractivity (Wildman–Crippen MR) is 133 cm³/mol. The Morgan fingerprint density at radius 2 is 1.75 bits per heavy atom. The monoisotopic (exact) mass is 450 g/mol. The molecule has 0 bridgehead atoms. The molecular weight excluding hydrogens is 420 g/mol. The molecule has 168 valence electrons. The highest BCUT2D eigenvalue weighted by atomic mass is 32.1. The molecule has 7 nitrogen and oxygen atoms in total. The number of fused-ring (bicyclic) bond motifs is 1. The number of aryl methyl sites for hydroxylation is 1.